The first-order valence-corrected chi connectivity index (χ1v) is 7.12. The fourth-order valence-corrected chi connectivity index (χ4v) is 2.11. The second-order valence-corrected chi connectivity index (χ2v) is 5.92. The lowest BCUT2D eigenvalue weighted by atomic mass is 10.0. The third-order valence-electron chi connectivity index (χ3n) is 3.01. The van der Waals surface area contributed by atoms with Gasteiger partial charge in [-0.2, -0.15) is 0 Å². The number of carbonyl (C=O) groups excluding carboxylic acids is 2. The molecule has 0 atom stereocenters. The van der Waals surface area contributed by atoms with Gasteiger partial charge in [-0.15, -0.1) is 0 Å². The monoisotopic (exact) mass is 304 g/mol. The molecule has 22 heavy (non-hydrogen) atoms. The molecule has 1 amide bonds. The van der Waals surface area contributed by atoms with Crippen molar-refractivity contribution >= 4 is 23.6 Å². The molecule has 2 heterocycles. The predicted molar refractivity (Wildman–Crippen MR) is 82.9 cm³/mol. The Balaban J connectivity index is 2.27. The van der Waals surface area contributed by atoms with Gasteiger partial charge in [0.15, 0.2) is 6.29 Å². The fraction of sp³-hybridized carbons (Fsp3) is 0.438. The summed E-state index contributed by atoms with van der Waals surface area (Å²) in [5, 5.41) is 2.61. The minimum absolute atomic E-state index is 0.349. The highest BCUT2D eigenvalue weighted by molar-refractivity contribution is 5.96. The zero-order valence-electron chi connectivity index (χ0n) is 13.0. The molecule has 0 bridgehead atoms. The molecule has 6 nitrogen and oxygen atoms in total. The number of carbonyl (C=O) groups is 2. The molecule has 1 aliphatic heterocycles. The lowest BCUT2D eigenvalue weighted by molar-refractivity contribution is 0.0636. The summed E-state index contributed by atoms with van der Waals surface area (Å²) < 4.78 is 10.5. The van der Waals surface area contributed by atoms with Crippen LogP contribution in [0, 0.1) is 0 Å². The van der Waals surface area contributed by atoms with Crippen molar-refractivity contribution in [3.8, 4) is 0 Å². The van der Waals surface area contributed by atoms with Crippen molar-refractivity contribution in [3.63, 3.8) is 0 Å². The van der Waals surface area contributed by atoms with Crippen molar-refractivity contribution in [2.24, 2.45) is 0 Å². The van der Waals surface area contributed by atoms with Gasteiger partial charge in [-0.3, -0.25) is 15.1 Å². The number of pyridine rings is 1. The van der Waals surface area contributed by atoms with Gasteiger partial charge in [0.1, 0.15) is 5.60 Å². The van der Waals surface area contributed by atoms with E-state index in [-0.39, 0.29) is 0 Å². The number of hydrogen-bond acceptors (Lipinski definition) is 5. The summed E-state index contributed by atoms with van der Waals surface area (Å²) in [7, 11) is 0. The Morgan fingerprint density at radius 2 is 2.23 bits per heavy atom. The molecule has 2 rings (SSSR count). The Morgan fingerprint density at radius 3 is 2.82 bits per heavy atom. The molecule has 0 saturated carbocycles. The van der Waals surface area contributed by atoms with E-state index in [1.54, 1.807) is 33.0 Å². The second-order valence-electron chi connectivity index (χ2n) is 5.92. The van der Waals surface area contributed by atoms with Gasteiger partial charge < -0.3 is 9.47 Å². The summed E-state index contributed by atoms with van der Waals surface area (Å²) in [6.07, 6.45) is 4.24. The minimum Gasteiger partial charge on any atom is -0.444 e. The van der Waals surface area contributed by atoms with Crippen molar-refractivity contribution < 1.29 is 19.1 Å². The van der Waals surface area contributed by atoms with Gasteiger partial charge in [-0.25, -0.2) is 4.79 Å². The molecule has 0 radical (unpaired) electrons. The molecule has 0 spiro atoms. The topological polar surface area (TPSA) is 77.5 Å². The van der Waals surface area contributed by atoms with Crippen LogP contribution in [-0.2, 0) is 9.47 Å². The highest BCUT2D eigenvalue weighted by Gasteiger charge is 2.20. The Hall–Kier alpha value is -2.21. The number of nitrogens with one attached hydrogen (secondary N) is 1. The number of amides is 1. The maximum Gasteiger partial charge on any atom is 0.412 e. The first-order valence-electron chi connectivity index (χ1n) is 7.12. The third kappa shape index (κ3) is 4.14. The van der Waals surface area contributed by atoms with Crippen LogP contribution in [0.3, 0.4) is 0 Å². The zero-order valence-corrected chi connectivity index (χ0v) is 13.0. The first-order chi connectivity index (χ1) is 10.4. The number of anilines is 1. The van der Waals surface area contributed by atoms with Gasteiger partial charge in [0.2, 0.25) is 0 Å². The van der Waals surface area contributed by atoms with Gasteiger partial charge in [0.25, 0.3) is 0 Å². The SMILES string of the molecule is CC(C)(C)OC(=O)Nc1ccnc(C2=CCOCC2)c1C=O. The van der Waals surface area contributed by atoms with Crippen LogP contribution in [-0.4, -0.2) is 36.2 Å². The van der Waals surface area contributed by atoms with E-state index in [0.717, 1.165) is 5.57 Å². The quantitative estimate of drug-likeness (QED) is 0.868. The highest BCUT2D eigenvalue weighted by atomic mass is 16.6. The zero-order chi connectivity index (χ0) is 16.2. The maximum atomic E-state index is 11.9. The van der Waals surface area contributed by atoms with Crippen LogP contribution in [0.4, 0.5) is 10.5 Å². The number of aromatic nitrogens is 1. The van der Waals surface area contributed by atoms with Crippen LogP contribution in [0.15, 0.2) is 18.3 Å². The summed E-state index contributed by atoms with van der Waals surface area (Å²) in [5.41, 5.74) is 1.65. The van der Waals surface area contributed by atoms with Gasteiger partial charge in [0.05, 0.1) is 30.2 Å². The molecular formula is C16H20N2O4. The lowest BCUT2D eigenvalue weighted by Gasteiger charge is -2.21. The van der Waals surface area contributed by atoms with Crippen molar-refractivity contribution in [1.82, 2.24) is 4.98 Å². The lowest BCUT2D eigenvalue weighted by Crippen LogP contribution is -2.27. The number of ether oxygens (including phenoxy) is 2. The highest BCUT2D eigenvalue weighted by Crippen LogP contribution is 2.26. The smallest absolute Gasteiger partial charge is 0.412 e. The molecule has 1 aliphatic rings. The van der Waals surface area contributed by atoms with Gasteiger partial charge in [0, 0.05) is 6.20 Å². The molecule has 0 aliphatic carbocycles. The Bertz CT molecular complexity index is 603. The van der Waals surface area contributed by atoms with Gasteiger partial charge in [-0.1, -0.05) is 6.08 Å². The molecule has 0 fully saturated rings. The number of rotatable bonds is 3. The minimum atomic E-state index is -0.607. The Labute approximate surface area is 129 Å². The Kier molecular flexibility index (Phi) is 4.92. The largest absolute Gasteiger partial charge is 0.444 e. The summed E-state index contributed by atoms with van der Waals surface area (Å²) in [6.45, 7) is 6.42. The molecule has 0 aromatic carbocycles. The molecular weight excluding hydrogens is 284 g/mol. The van der Waals surface area contributed by atoms with Crippen LogP contribution in [0.2, 0.25) is 0 Å². The first kappa shape index (κ1) is 16.2. The number of aldehydes is 1. The molecule has 0 unspecified atom stereocenters. The summed E-state index contributed by atoms with van der Waals surface area (Å²) >= 11 is 0. The molecule has 1 N–H and O–H groups in total. The van der Waals surface area contributed by atoms with E-state index in [1.807, 2.05) is 6.08 Å². The van der Waals surface area contributed by atoms with Crippen LogP contribution in [0.25, 0.3) is 5.57 Å². The van der Waals surface area contributed by atoms with Crippen molar-refractivity contribution in [1.29, 1.82) is 0 Å². The maximum absolute atomic E-state index is 11.9. The van der Waals surface area contributed by atoms with Crippen LogP contribution in [0.1, 0.15) is 43.2 Å². The van der Waals surface area contributed by atoms with Crippen molar-refractivity contribution in [3.05, 3.63) is 29.6 Å². The summed E-state index contributed by atoms with van der Waals surface area (Å²) in [5.74, 6) is 0. The molecule has 118 valence electrons. The van der Waals surface area contributed by atoms with E-state index in [1.165, 1.54) is 0 Å². The van der Waals surface area contributed by atoms with E-state index in [4.69, 9.17) is 9.47 Å². The van der Waals surface area contributed by atoms with Crippen molar-refractivity contribution in [2.75, 3.05) is 18.5 Å². The Morgan fingerprint density at radius 1 is 1.45 bits per heavy atom. The average molecular weight is 304 g/mol. The molecule has 1 aromatic heterocycles. The fourth-order valence-electron chi connectivity index (χ4n) is 2.11. The van der Waals surface area contributed by atoms with Gasteiger partial charge >= 0.3 is 6.09 Å². The van der Waals surface area contributed by atoms with E-state index >= 15 is 0 Å². The van der Waals surface area contributed by atoms with Crippen LogP contribution >= 0.6 is 0 Å². The standard InChI is InChI=1S/C16H20N2O4/c1-16(2,3)22-15(20)18-13-4-7-17-14(12(13)10-19)11-5-8-21-9-6-11/h4-5,7,10H,6,8-9H2,1-3H3,(H,17,18,20). The van der Waals surface area contributed by atoms with E-state index in [9.17, 15) is 9.59 Å². The van der Waals surface area contributed by atoms with Crippen LogP contribution < -0.4 is 5.32 Å². The van der Waals surface area contributed by atoms with Crippen LogP contribution in [0.5, 0.6) is 0 Å². The van der Waals surface area contributed by atoms with E-state index < -0.39 is 11.7 Å². The van der Waals surface area contributed by atoms with E-state index in [0.29, 0.717) is 42.9 Å². The number of nitrogens with zero attached hydrogens (tertiary/aromatic N) is 1. The molecule has 0 saturated heterocycles. The van der Waals surface area contributed by atoms with Gasteiger partial charge in [-0.05, 0) is 38.8 Å². The molecule has 1 aromatic rings. The predicted octanol–water partition coefficient (Wildman–Crippen LogP) is 3.04. The average Bonchev–Trinajstić information content (AvgIpc) is 2.46. The molecule has 6 heteroatoms. The van der Waals surface area contributed by atoms with E-state index in [2.05, 4.69) is 10.3 Å². The van der Waals surface area contributed by atoms with Crippen molar-refractivity contribution in [2.45, 2.75) is 32.8 Å². The third-order valence-corrected chi connectivity index (χ3v) is 3.01. The number of hydrogen-bond donors (Lipinski definition) is 1. The summed E-state index contributed by atoms with van der Waals surface area (Å²) in [6, 6.07) is 1.58. The normalized spacial score (nSPS) is 15.0. The second kappa shape index (κ2) is 6.70. The summed E-state index contributed by atoms with van der Waals surface area (Å²) in [4.78, 5) is 27.6.